The van der Waals surface area contributed by atoms with Crippen molar-refractivity contribution in [2.24, 2.45) is 0 Å². The molecule has 0 radical (unpaired) electrons. The lowest BCUT2D eigenvalue weighted by Crippen LogP contribution is -2.32. The van der Waals surface area contributed by atoms with Crippen LogP contribution in [0.15, 0.2) is 48.2 Å². The van der Waals surface area contributed by atoms with Crippen LogP contribution in [0.5, 0.6) is 0 Å². The first-order valence-corrected chi connectivity index (χ1v) is 11.5. The Balaban J connectivity index is 1.38. The average Bonchev–Trinajstić information content (AvgIpc) is 3.50. The topological polar surface area (TPSA) is 93.8 Å². The monoisotopic (exact) mass is 504 g/mol. The number of nitrogens with one attached hydrogen (secondary N) is 2. The maximum atomic E-state index is 12.8. The highest BCUT2D eigenvalue weighted by atomic mass is 32.1. The number of alkyl halides is 3. The number of thiazole rings is 1. The second-order valence-corrected chi connectivity index (χ2v) is 9.77. The number of fused-ring (bicyclic) bond motifs is 1. The largest absolute Gasteiger partial charge is 0.406 e. The van der Waals surface area contributed by atoms with E-state index in [1.807, 2.05) is 25.3 Å². The molecule has 12 heteroatoms. The highest BCUT2D eigenvalue weighted by Gasteiger charge is 2.28. The molecule has 0 unspecified atom stereocenters. The Bertz CT molecular complexity index is 1380. The van der Waals surface area contributed by atoms with Crippen LogP contribution >= 0.6 is 11.3 Å². The predicted molar refractivity (Wildman–Crippen MR) is 127 cm³/mol. The number of carbonyl (C=O) groups excluding carboxylic acids is 2. The smallest absolute Gasteiger partial charge is 0.348 e. The molecule has 0 saturated heterocycles. The minimum Gasteiger partial charge on any atom is -0.348 e. The van der Waals surface area contributed by atoms with Crippen LogP contribution in [0.2, 0.25) is 0 Å². The van der Waals surface area contributed by atoms with Crippen LogP contribution in [0.3, 0.4) is 0 Å². The summed E-state index contributed by atoms with van der Waals surface area (Å²) in [5.41, 5.74) is 1.27. The Morgan fingerprint density at radius 1 is 1.03 bits per heavy atom. The van der Waals surface area contributed by atoms with Crippen LogP contribution in [-0.2, 0) is 16.9 Å². The predicted octanol–water partition coefficient (Wildman–Crippen LogP) is 4.65. The van der Waals surface area contributed by atoms with Crippen molar-refractivity contribution in [3.05, 3.63) is 53.8 Å². The Hall–Kier alpha value is -3.67. The van der Waals surface area contributed by atoms with E-state index in [0.29, 0.717) is 22.3 Å². The number of hydrogen-bond acceptors (Lipinski definition) is 5. The zero-order valence-electron chi connectivity index (χ0n) is 19.2. The number of carbonyl (C=O) groups is 2. The molecule has 0 atom stereocenters. The number of rotatable bonds is 6. The van der Waals surface area contributed by atoms with Crippen LogP contribution < -0.4 is 10.6 Å². The van der Waals surface area contributed by atoms with E-state index in [0.717, 1.165) is 15.9 Å². The molecule has 184 valence electrons. The summed E-state index contributed by atoms with van der Waals surface area (Å²) in [5.74, 6) is -0.834. The van der Waals surface area contributed by atoms with E-state index in [9.17, 15) is 22.8 Å². The zero-order chi connectivity index (χ0) is 25.4. The van der Waals surface area contributed by atoms with Gasteiger partial charge < -0.3 is 19.8 Å². The van der Waals surface area contributed by atoms with Crippen LogP contribution in [0.4, 0.5) is 18.3 Å². The molecule has 2 N–H and O–H groups in total. The Labute approximate surface area is 202 Å². The number of anilines is 1. The van der Waals surface area contributed by atoms with Crippen LogP contribution in [0, 0.1) is 0 Å². The van der Waals surface area contributed by atoms with Gasteiger partial charge in [0.15, 0.2) is 5.13 Å². The van der Waals surface area contributed by atoms with Crippen molar-refractivity contribution in [1.29, 1.82) is 0 Å². The first-order valence-electron chi connectivity index (χ1n) is 10.6. The van der Waals surface area contributed by atoms with Gasteiger partial charge in [0.1, 0.15) is 17.9 Å². The summed E-state index contributed by atoms with van der Waals surface area (Å²) in [7, 11) is 0. The third kappa shape index (κ3) is 5.88. The van der Waals surface area contributed by atoms with E-state index >= 15 is 0 Å². The highest BCUT2D eigenvalue weighted by Crippen LogP contribution is 2.27. The second kappa shape index (κ2) is 9.17. The third-order valence-corrected chi connectivity index (χ3v) is 5.87. The molecule has 4 aromatic rings. The first-order chi connectivity index (χ1) is 16.4. The van der Waals surface area contributed by atoms with Crippen molar-refractivity contribution in [2.75, 3.05) is 11.9 Å². The quantitative estimate of drug-likeness (QED) is 0.400. The normalized spacial score (nSPS) is 12.2. The van der Waals surface area contributed by atoms with Gasteiger partial charge in [-0.05, 0) is 45.0 Å². The van der Waals surface area contributed by atoms with E-state index < -0.39 is 18.6 Å². The third-order valence-electron chi connectivity index (χ3n) is 5.11. The summed E-state index contributed by atoms with van der Waals surface area (Å²) >= 11 is 1.15. The molecule has 0 bridgehead atoms. The molecule has 0 aliphatic carbocycles. The summed E-state index contributed by atoms with van der Waals surface area (Å²) in [6.07, 6.45) is 0.495. The highest BCUT2D eigenvalue weighted by molar-refractivity contribution is 7.14. The standard InChI is InChI=1S/C23H23F3N6O2S/c1-22(2,3)32-9-7-15(11-32)20(34)27-10-18(33)30-21-29-17(12-35-21)16-5-4-14-6-8-31(19(14)28-16)13-23(24,25)26/h4-9,11-12H,10,13H2,1-3H3,(H,27,34)(H,29,30,33). The molecule has 0 fully saturated rings. The molecular formula is C23H23F3N6O2S. The van der Waals surface area contributed by atoms with Gasteiger partial charge in [-0.15, -0.1) is 11.3 Å². The number of amides is 2. The van der Waals surface area contributed by atoms with E-state index in [-0.39, 0.29) is 28.8 Å². The van der Waals surface area contributed by atoms with Gasteiger partial charge in [-0.2, -0.15) is 13.2 Å². The lowest BCUT2D eigenvalue weighted by atomic mass is 10.1. The average molecular weight is 505 g/mol. The van der Waals surface area contributed by atoms with Crippen molar-refractivity contribution < 1.29 is 22.8 Å². The van der Waals surface area contributed by atoms with Gasteiger partial charge in [-0.25, -0.2) is 9.97 Å². The van der Waals surface area contributed by atoms with E-state index in [1.54, 1.807) is 42.0 Å². The fourth-order valence-electron chi connectivity index (χ4n) is 3.35. The lowest BCUT2D eigenvalue weighted by Gasteiger charge is -2.20. The molecule has 0 aromatic carbocycles. The molecule has 35 heavy (non-hydrogen) atoms. The number of nitrogens with zero attached hydrogens (tertiary/aromatic N) is 4. The van der Waals surface area contributed by atoms with E-state index in [1.165, 1.54) is 6.20 Å². The van der Waals surface area contributed by atoms with Crippen molar-refractivity contribution in [3.8, 4) is 11.4 Å². The van der Waals surface area contributed by atoms with Crippen molar-refractivity contribution in [2.45, 2.75) is 39.0 Å². The molecule has 8 nitrogen and oxygen atoms in total. The first kappa shape index (κ1) is 24.5. The number of halogens is 3. The van der Waals surface area contributed by atoms with Crippen molar-refractivity contribution >= 4 is 39.3 Å². The van der Waals surface area contributed by atoms with Crippen LogP contribution in [-0.4, -0.2) is 43.6 Å². The molecule has 4 rings (SSSR count). The van der Waals surface area contributed by atoms with Gasteiger partial charge in [0.05, 0.1) is 17.8 Å². The lowest BCUT2D eigenvalue weighted by molar-refractivity contribution is -0.140. The van der Waals surface area contributed by atoms with Crippen molar-refractivity contribution in [1.82, 2.24) is 24.4 Å². The van der Waals surface area contributed by atoms with Gasteiger partial charge >= 0.3 is 6.18 Å². The van der Waals surface area contributed by atoms with Crippen molar-refractivity contribution in [3.63, 3.8) is 0 Å². The fourth-order valence-corrected chi connectivity index (χ4v) is 4.07. The number of aromatic nitrogens is 4. The molecule has 4 heterocycles. The van der Waals surface area contributed by atoms with Gasteiger partial charge in [0.2, 0.25) is 5.91 Å². The SMILES string of the molecule is CC(C)(C)n1ccc(C(=O)NCC(=O)Nc2nc(-c3ccc4ccn(CC(F)(F)F)c4n3)cs2)c1. The van der Waals surface area contributed by atoms with Gasteiger partial charge in [-0.3, -0.25) is 9.59 Å². The number of pyridine rings is 1. The summed E-state index contributed by atoms with van der Waals surface area (Å²) in [6.45, 7) is 4.65. The zero-order valence-corrected chi connectivity index (χ0v) is 20.0. The molecule has 0 aliphatic rings. The Kier molecular flexibility index (Phi) is 6.41. The van der Waals surface area contributed by atoms with E-state index in [4.69, 9.17) is 0 Å². The summed E-state index contributed by atoms with van der Waals surface area (Å²) in [4.78, 5) is 33.3. The fraction of sp³-hybridized carbons (Fsp3) is 0.304. The van der Waals surface area contributed by atoms with Gasteiger partial charge in [0, 0.05) is 34.9 Å². The summed E-state index contributed by atoms with van der Waals surface area (Å²) in [5, 5.41) is 7.69. The van der Waals surface area contributed by atoms with E-state index in [2.05, 4.69) is 20.6 Å². The molecule has 0 aliphatic heterocycles. The minimum atomic E-state index is -4.37. The van der Waals surface area contributed by atoms with Crippen LogP contribution in [0.25, 0.3) is 22.4 Å². The minimum absolute atomic E-state index is 0.167. The molecule has 0 saturated carbocycles. The Morgan fingerprint density at radius 3 is 2.49 bits per heavy atom. The Morgan fingerprint density at radius 2 is 1.80 bits per heavy atom. The second-order valence-electron chi connectivity index (χ2n) is 8.92. The summed E-state index contributed by atoms with van der Waals surface area (Å²) < 4.78 is 41.4. The molecule has 0 spiro atoms. The van der Waals surface area contributed by atoms with Gasteiger partial charge in [0.25, 0.3) is 5.91 Å². The maximum Gasteiger partial charge on any atom is 0.406 e. The van der Waals surface area contributed by atoms with Gasteiger partial charge in [-0.1, -0.05) is 0 Å². The van der Waals surface area contributed by atoms with Crippen LogP contribution in [0.1, 0.15) is 31.1 Å². The maximum absolute atomic E-state index is 12.8. The molecule has 4 aromatic heterocycles. The molecular weight excluding hydrogens is 481 g/mol. The molecule has 2 amide bonds. The number of hydrogen-bond donors (Lipinski definition) is 2. The summed E-state index contributed by atoms with van der Waals surface area (Å²) in [6, 6.07) is 6.58.